The summed E-state index contributed by atoms with van der Waals surface area (Å²) in [7, 11) is 0. The zero-order valence-electron chi connectivity index (χ0n) is 14.7. The van der Waals surface area contributed by atoms with Crippen LogP contribution in [0.4, 0.5) is 10.8 Å². The van der Waals surface area contributed by atoms with Crippen LogP contribution in [0.3, 0.4) is 0 Å². The lowest BCUT2D eigenvalue weighted by Crippen LogP contribution is -2.17. The summed E-state index contributed by atoms with van der Waals surface area (Å²) in [5, 5.41) is 14.7. The quantitative estimate of drug-likeness (QED) is 0.712. The standard InChI is InChI=1S/C18H24N4O2S/c1-3-5-6-13-7-9-14(10-8-13)19-15(23)11-12-16(24)20-18-22-21-17(4-2)25-18/h7-10H,3-6,11-12H2,1-2H3,(H,19,23)(H,20,22,24). The molecule has 2 amide bonds. The molecule has 0 saturated carbocycles. The summed E-state index contributed by atoms with van der Waals surface area (Å²) in [6, 6.07) is 7.85. The number of rotatable bonds is 9. The fourth-order valence-electron chi connectivity index (χ4n) is 2.21. The lowest BCUT2D eigenvalue weighted by Gasteiger charge is -2.06. The average Bonchev–Trinajstić information content (AvgIpc) is 3.07. The van der Waals surface area contributed by atoms with Gasteiger partial charge in [0, 0.05) is 18.5 Å². The molecule has 25 heavy (non-hydrogen) atoms. The molecule has 0 spiro atoms. The first kappa shape index (κ1) is 19.1. The summed E-state index contributed by atoms with van der Waals surface area (Å²) in [4.78, 5) is 23.8. The largest absolute Gasteiger partial charge is 0.326 e. The summed E-state index contributed by atoms with van der Waals surface area (Å²) in [5.74, 6) is -0.410. The van der Waals surface area contributed by atoms with E-state index in [2.05, 4.69) is 27.8 Å². The Balaban J connectivity index is 1.73. The molecule has 0 fully saturated rings. The maximum absolute atomic E-state index is 12.0. The number of carbonyl (C=O) groups excluding carboxylic acids is 2. The number of hydrogen-bond donors (Lipinski definition) is 2. The first-order valence-electron chi connectivity index (χ1n) is 8.61. The van der Waals surface area contributed by atoms with Gasteiger partial charge in [-0.1, -0.05) is 43.7 Å². The number of anilines is 2. The van der Waals surface area contributed by atoms with E-state index in [1.54, 1.807) is 0 Å². The number of carbonyl (C=O) groups is 2. The fraction of sp³-hybridized carbons (Fsp3) is 0.444. The van der Waals surface area contributed by atoms with Gasteiger partial charge in [-0.05, 0) is 37.0 Å². The number of nitrogens with zero attached hydrogens (tertiary/aromatic N) is 2. The van der Waals surface area contributed by atoms with Crippen molar-refractivity contribution in [2.45, 2.75) is 52.4 Å². The van der Waals surface area contributed by atoms with E-state index in [1.807, 2.05) is 31.2 Å². The van der Waals surface area contributed by atoms with E-state index in [0.29, 0.717) is 5.13 Å². The molecule has 1 aromatic heterocycles. The van der Waals surface area contributed by atoms with Gasteiger partial charge in [-0.25, -0.2) is 0 Å². The van der Waals surface area contributed by atoms with Gasteiger partial charge < -0.3 is 10.6 Å². The highest BCUT2D eigenvalue weighted by Gasteiger charge is 2.10. The third-order valence-electron chi connectivity index (χ3n) is 3.65. The molecule has 0 aliphatic heterocycles. The van der Waals surface area contributed by atoms with Crippen LogP contribution in [0.5, 0.6) is 0 Å². The van der Waals surface area contributed by atoms with Gasteiger partial charge in [0.15, 0.2) is 0 Å². The van der Waals surface area contributed by atoms with Crippen LogP contribution in [0.1, 0.15) is 50.1 Å². The molecule has 7 heteroatoms. The smallest absolute Gasteiger partial charge is 0.226 e. The second-order valence-electron chi connectivity index (χ2n) is 5.75. The molecule has 6 nitrogen and oxygen atoms in total. The van der Waals surface area contributed by atoms with Crippen LogP contribution in [-0.2, 0) is 22.4 Å². The van der Waals surface area contributed by atoms with Crippen molar-refractivity contribution in [1.82, 2.24) is 10.2 Å². The second kappa shape index (κ2) is 9.88. The van der Waals surface area contributed by atoms with Gasteiger partial charge >= 0.3 is 0 Å². The number of aryl methyl sites for hydroxylation is 2. The van der Waals surface area contributed by atoms with Crippen molar-refractivity contribution in [2.24, 2.45) is 0 Å². The summed E-state index contributed by atoms with van der Waals surface area (Å²) in [6.07, 6.45) is 4.40. The molecule has 0 unspecified atom stereocenters. The van der Waals surface area contributed by atoms with Crippen LogP contribution in [0.15, 0.2) is 24.3 Å². The number of hydrogen-bond acceptors (Lipinski definition) is 5. The number of nitrogens with one attached hydrogen (secondary N) is 2. The molecule has 134 valence electrons. The van der Waals surface area contributed by atoms with Crippen molar-refractivity contribution in [3.8, 4) is 0 Å². The third-order valence-corrected chi connectivity index (χ3v) is 4.63. The molecule has 0 aliphatic carbocycles. The van der Waals surface area contributed by atoms with Crippen LogP contribution >= 0.6 is 11.3 Å². The number of aromatic nitrogens is 2. The van der Waals surface area contributed by atoms with Crippen LogP contribution in [0.2, 0.25) is 0 Å². The average molecular weight is 360 g/mol. The van der Waals surface area contributed by atoms with Crippen molar-refractivity contribution < 1.29 is 9.59 Å². The molecule has 0 saturated heterocycles. The highest BCUT2D eigenvalue weighted by Crippen LogP contribution is 2.16. The van der Waals surface area contributed by atoms with Gasteiger partial charge in [0.2, 0.25) is 16.9 Å². The van der Waals surface area contributed by atoms with Gasteiger partial charge in [-0.15, -0.1) is 10.2 Å². The number of amides is 2. The Hall–Kier alpha value is -2.28. The van der Waals surface area contributed by atoms with Gasteiger partial charge in [0.05, 0.1) is 0 Å². The molecule has 0 radical (unpaired) electrons. The molecular weight excluding hydrogens is 336 g/mol. The molecule has 2 N–H and O–H groups in total. The SMILES string of the molecule is CCCCc1ccc(NC(=O)CCC(=O)Nc2nnc(CC)s2)cc1. The van der Waals surface area contributed by atoms with E-state index in [9.17, 15) is 9.59 Å². The molecule has 1 heterocycles. The van der Waals surface area contributed by atoms with Crippen LogP contribution < -0.4 is 10.6 Å². The Morgan fingerprint density at radius 2 is 1.68 bits per heavy atom. The Morgan fingerprint density at radius 1 is 1.00 bits per heavy atom. The summed E-state index contributed by atoms with van der Waals surface area (Å²) >= 11 is 1.35. The lowest BCUT2D eigenvalue weighted by atomic mass is 10.1. The third kappa shape index (κ3) is 6.62. The zero-order valence-corrected chi connectivity index (χ0v) is 15.5. The summed E-state index contributed by atoms with van der Waals surface area (Å²) < 4.78 is 0. The van der Waals surface area contributed by atoms with Crippen molar-refractivity contribution in [3.63, 3.8) is 0 Å². The fourth-order valence-corrected chi connectivity index (χ4v) is 2.91. The monoisotopic (exact) mass is 360 g/mol. The Morgan fingerprint density at radius 3 is 2.28 bits per heavy atom. The summed E-state index contributed by atoms with van der Waals surface area (Å²) in [5.41, 5.74) is 2.02. The first-order valence-corrected chi connectivity index (χ1v) is 9.43. The van der Waals surface area contributed by atoms with Gasteiger partial charge in [-0.2, -0.15) is 0 Å². The molecule has 0 atom stereocenters. The first-order chi connectivity index (χ1) is 12.1. The molecule has 2 rings (SSSR count). The van der Waals surface area contributed by atoms with E-state index in [1.165, 1.54) is 16.9 Å². The van der Waals surface area contributed by atoms with Gasteiger partial charge in [0.25, 0.3) is 0 Å². The number of unbranched alkanes of at least 4 members (excludes halogenated alkanes) is 1. The van der Waals surface area contributed by atoms with Gasteiger partial charge in [0.1, 0.15) is 5.01 Å². The minimum Gasteiger partial charge on any atom is -0.326 e. The molecule has 0 bridgehead atoms. The van der Waals surface area contributed by atoms with Crippen molar-refractivity contribution in [1.29, 1.82) is 0 Å². The van der Waals surface area contributed by atoms with Crippen LogP contribution in [0, 0.1) is 0 Å². The van der Waals surface area contributed by atoms with E-state index in [0.717, 1.165) is 36.4 Å². The van der Waals surface area contributed by atoms with Crippen molar-refractivity contribution in [3.05, 3.63) is 34.8 Å². The van der Waals surface area contributed by atoms with Gasteiger partial charge in [-0.3, -0.25) is 9.59 Å². The van der Waals surface area contributed by atoms with Crippen molar-refractivity contribution in [2.75, 3.05) is 10.6 Å². The zero-order chi connectivity index (χ0) is 18.1. The van der Waals surface area contributed by atoms with Crippen LogP contribution in [0.25, 0.3) is 0 Å². The Labute approximate surface area is 152 Å². The number of benzene rings is 1. The minimum absolute atomic E-state index is 0.113. The van der Waals surface area contributed by atoms with E-state index >= 15 is 0 Å². The summed E-state index contributed by atoms with van der Waals surface area (Å²) in [6.45, 7) is 4.14. The van der Waals surface area contributed by atoms with E-state index in [-0.39, 0.29) is 24.7 Å². The normalized spacial score (nSPS) is 10.5. The maximum Gasteiger partial charge on any atom is 0.226 e. The highest BCUT2D eigenvalue weighted by molar-refractivity contribution is 7.15. The molecular formula is C18H24N4O2S. The van der Waals surface area contributed by atoms with E-state index < -0.39 is 0 Å². The molecule has 1 aromatic carbocycles. The maximum atomic E-state index is 12.0. The topological polar surface area (TPSA) is 84.0 Å². The lowest BCUT2D eigenvalue weighted by molar-refractivity contribution is -0.121. The predicted molar refractivity (Wildman–Crippen MR) is 101 cm³/mol. The molecule has 2 aromatic rings. The Bertz CT molecular complexity index is 697. The molecule has 0 aliphatic rings. The van der Waals surface area contributed by atoms with E-state index in [4.69, 9.17) is 0 Å². The highest BCUT2D eigenvalue weighted by atomic mass is 32.1. The Kier molecular flexibility index (Phi) is 7.53. The van der Waals surface area contributed by atoms with Crippen LogP contribution in [-0.4, -0.2) is 22.0 Å². The predicted octanol–water partition coefficient (Wildman–Crippen LogP) is 3.80. The van der Waals surface area contributed by atoms with Crippen molar-refractivity contribution >= 4 is 34.0 Å². The minimum atomic E-state index is -0.233. The second-order valence-corrected chi connectivity index (χ2v) is 6.81.